The van der Waals surface area contributed by atoms with Crippen LogP contribution < -0.4 is 10.6 Å². The Morgan fingerprint density at radius 3 is 2.83 bits per heavy atom. The smallest absolute Gasteiger partial charge is 0.316 e. The molecule has 2 unspecified atom stereocenters. The van der Waals surface area contributed by atoms with E-state index in [0.29, 0.717) is 5.92 Å². The van der Waals surface area contributed by atoms with Gasteiger partial charge in [-0.05, 0) is 29.9 Å². The molecule has 2 aromatic rings. The van der Waals surface area contributed by atoms with Crippen LogP contribution in [-0.4, -0.2) is 21.8 Å². The second kappa shape index (κ2) is 6.42. The van der Waals surface area contributed by atoms with Gasteiger partial charge >= 0.3 is 11.8 Å². The summed E-state index contributed by atoms with van der Waals surface area (Å²) in [6, 6.07) is 7.83. The van der Waals surface area contributed by atoms with E-state index >= 15 is 0 Å². The number of amides is 2. The van der Waals surface area contributed by atoms with Crippen LogP contribution in [0.15, 0.2) is 30.5 Å². The number of benzene rings is 1. The molecule has 2 atom stereocenters. The van der Waals surface area contributed by atoms with E-state index in [-0.39, 0.29) is 17.1 Å². The Morgan fingerprint density at radius 1 is 1.30 bits per heavy atom. The third-order valence-corrected chi connectivity index (χ3v) is 4.12. The largest absolute Gasteiger partial charge is 0.341 e. The molecule has 1 aromatic heterocycles. The minimum atomic E-state index is -0.772. The summed E-state index contributed by atoms with van der Waals surface area (Å²) in [5, 5.41) is 5.48. The highest BCUT2D eigenvalue weighted by Crippen LogP contribution is 2.32. The minimum absolute atomic E-state index is 0.146. The van der Waals surface area contributed by atoms with Crippen molar-refractivity contribution >= 4 is 29.4 Å². The number of halogens is 1. The van der Waals surface area contributed by atoms with Crippen LogP contribution in [0.25, 0.3) is 0 Å². The summed E-state index contributed by atoms with van der Waals surface area (Å²) in [5.41, 5.74) is 2.29. The molecule has 6 nitrogen and oxygen atoms in total. The van der Waals surface area contributed by atoms with E-state index in [1.165, 1.54) is 11.8 Å². The third-order valence-electron chi connectivity index (χ3n) is 3.93. The summed E-state index contributed by atoms with van der Waals surface area (Å²) in [6.07, 6.45) is 3.15. The number of nitrogens with one attached hydrogen (secondary N) is 3. The van der Waals surface area contributed by atoms with Gasteiger partial charge in [0.2, 0.25) is 5.95 Å². The zero-order chi connectivity index (χ0) is 16.4. The fraction of sp³-hybridized carbons (Fsp3) is 0.312. The van der Waals surface area contributed by atoms with Crippen molar-refractivity contribution in [3.8, 4) is 0 Å². The van der Waals surface area contributed by atoms with E-state index in [4.69, 9.17) is 11.6 Å². The van der Waals surface area contributed by atoms with E-state index in [1.54, 1.807) is 0 Å². The fourth-order valence-corrected chi connectivity index (χ4v) is 3.07. The summed E-state index contributed by atoms with van der Waals surface area (Å²) >= 11 is 5.68. The predicted molar refractivity (Wildman–Crippen MR) is 87.0 cm³/mol. The lowest BCUT2D eigenvalue weighted by Gasteiger charge is -2.30. The van der Waals surface area contributed by atoms with Crippen LogP contribution in [-0.2, 0) is 16.0 Å². The lowest BCUT2D eigenvalue weighted by atomic mass is 9.81. The molecular formula is C16H17ClN4O2. The number of hydrogen-bond acceptors (Lipinski definition) is 3. The number of fused-ring (bicyclic) bond motifs is 1. The molecule has 1 heterocycles. The van der Waals surface area contributed by atoms with Crippen molar-refractivity contribution in [2.45, 2.75) is 25.8 Å². The van der Waals surface area contributed by atoms with Crippen LogP contribution in [0, 0.1) is 5.92 Å². The quantitative estimate of drug-likeness (QED) is 0.738. The Balaban J connectivity index is 1.69. The van der Waals surface area contributed by atoms with Crippen molar-refractivity contribution in [3.05, 3.63) is 46.7 Å². The number of anilines is 1. The van der Waals surface area contributed by atoms with Gasteiger partial charge in [0.25, 0.3) is 0 Å². The Hall–Kier alpha value is -2.34. The van der Waals surface area contributed by atoms with Crippen LogP contribution in [0.1, 0.15) is 30.5 Å². The Bertz CT molecular complexity index is 743. The zero-order valence-corrected chi connectivity index (χ0v) is 13.4. The number of nitrogens with zero attached hydrogens (tertiary/aromatic N) is 1. The average molecular weight is 333 g/mol. The van der Waals surface area contributed by atoms with Gasteiger partial charge in [0.1, 0.15) is 5.15 Å². The van der Waals surface area contributed by atoms with E-state index in [2.05, 4.69) is 33.6 Å². The first-order valence-corrected chi connectivity index (χ1v) is 7.81. The standard InChI is InChI=1S/C16H17ClN4O2/c1-9-6-10-4-2-3-5-11(10)12(7-9)19-14(22)15(23)21-16-18-8-13(17)20-16/h2-5,8-9,12H,6-7H2,1H3,(H,19,22)(H2,18,20,21,23). The predicted octanol–water partition coefficient (Wildman–Crippen LogP) is 2.44. The SMILES string of the molecule is CC1Cc2ccccc2C(NC(=O)C(=O)Nc2ncc(Cl)[nH]2)C1. The Kier molecular flexibility index (Phi) is 4.34. The molecule has 2 amide bonds. The molecule has 3 N–H and O–H groups in total. The molecule has 3 rings (SSSR count). The molecule has 0 aliphatic heterocycles. The molecule has 0 bridgehead atoms. The molecule has 120 valence electrons. The number of carbonyl (C=O) groups excluding carboxylic acids is 2. The van der Waals surface area contributed by atoms with E-state index in [9.17, 15) is 9.59 Å². The number of carbonyl (C=O) groups is 2. The van der Waals surface area contributed by atoms with Gasteiger partial charge in [0, 0.05) is 0 Å². The second-order valence-corrected chi connectivity index (χ2v) is 6.21. The average Bonchev–Trinajstić information content (AvgIpc) is 2.92. The van der Waals surface area contributed by atoms with Crippen LogP contribution >= 0.6 is 11.6 Å². The monoisotopic (exact) mass is 332 g/mol. The maximum absolute atomic E-state index is 12.1. The number of rotatable bonds is 2. The van der Waals surface area contributed by atoms with Gasteiger partial charge in [-0.2, -0.15) is 0 Å². The summed E-state index contributed by atoms with van der Waals surface area (Å²) in [6.45, 7) is 2.14. The van der Waals surface area contributed by atoms with Crippen molar-refractivity contribution in [3.63, 3.8) is 0 Å². The van der Waals surface area contributed by atoms with Gasteiger partial charge in [0.05, 0.1) is 12.2 Å². The summed E-state index contributed by atoms with van der Waals surface area (Å²) in [5.74, 6) is -0.868. The maximum Gasteiger partial charge on any atom is 0.316 e. The number of imidazole rings is 1. The molecular weight excluding hydrogens is 316 g/mol. The Morgan fingerprint density at radius 2 is 2.09 bits per heavy atom. The molecule has 1 aromatic carbocycles. The van der Waals surface area contributed by atoms with Crippen molar-refractivity contribution in [1.82, 2.24) is 15.3 Å². The normalized spacial score (nSPS) is 19.7. The molecule has 7 heteroatoms. The first kappa shape index (κ1) is 15.6. The van der Waals surface area contributed by atoms with Crippen molar-refractivity contribution < 1.29 is 9.59 Å². The van der Waals surface area contributed by atoms with E-state index in [1.807, 2.05) is 18.2 Å². The molecule has 0 spiro atoms. The van der Waals surface area contributed by atoms with E-state index < -0.39 is 11.8 Å². The van der Waals surface area contributed by atoms with E-state index in [0.717, 1.165) is 18.4 Å². The summed E-state index contributed by atoms with van der Waals surface area (Å²) < 4.78 is 0. The van der Waals surface area contributed by atoms with Crippen LogP contribution in [0.2, 0.25) is 5.15 Å². The molecule has 0 saturated carbocycles. The molecule has 0 fully saturated rings. The molecule has 1 aliphatic carbocycles. The second-order valence-electron chi connectivity index (χ2n) is 5.80. The van der Waals surface area contributed by atoms with Crippen LogP contribution in [0.5, 0.6) is 0 Å². The van der Waals surface area contributed by atoms with Crippen molar-refractivity contribution in [1.29, 1.82) is 0 Å². The van der Waals surface area contributed by atoms with Gasteiger partial charge in [-0.1, -0.05) is 42.8 Å². The minimum Gasteiger partial charge on any atom is -0.341 e. The van der Waals surface area contributed by atoms with Crippen LogP contribution in [0.4, 0.5) is 5.95 Å². The van der Waals surface area contributed by atoms with Gasteiger partial charge in [-0.3, -0.25) is 14.9 Å². The zero-order valence-electron chi connectivity index (χ0n) is 12.6. The number of aromatic amines is 1. The number of aromatic nitrogens is 2. The highest BCUT2D eigenvalue weighted by molar-refractivity contribution is 6.39. The topological polar surface area (TPSA) is 86.9 Å². The first-order valence-electron chi connectivity index (χ1n) is 7.43. The maximum atomic E-state index is 12.1. The number of hydrogen-bond donors (Lipinski definition) is 3. The highest BCUT2D eigenvalue weighted by Gasteiger charge is 2.27. The van der Waals surface area contributed by atoms with Gasteiger partial charge in [-0.25, -0.2) is 4.98 Å². The van der Waals surface area contributed by atoms with Gasteiger partial charge in [0.15, 0.2) is 0 Å². The molecule has 1 aliphatic rings. The molecule has 23 heavy (non-hydrogen) atoms. The third kappa shape index (κ3) is 3.53. The van der Waals surface area contributed by atoms with Crippen LogP contribution in [0.3, 0.4) is 0 Å². The number of H-pyrrole nitrogens is 1. The highest BCUT2D eigenvalue weighted by atomic mass is 35.5. The Labute approximate surface area is 138 Å². The molecule has 0 saturated heterocycles. The molecule has 0 radical (unpaired) electrons. The lowest BCUT2D eigenvalue weighted by Crippen LogP contribution is -2.40. The lowest BCUT2D eigenvalue weighted by molar-refractivity contribution is -0.136. The van der Waals surface area contributed by atoms with Crippen molar-refractivity contribution in [2.24, 2.45) is 5.92 Å². The van der Waals surface area contributed by atoms with Crippen molar-refractivity contribution in [2.75, 3.05) is 5.32 Å². The van der Waals surface area contributed by atoms with Gasteiger partial charge in [-0.15, -0.1) is 0 Å². The fourth-order valence-electron chi connectivity index (χ4n) is 2.94. The van der Waals surface area contributed by atoms with Gasteiger partial charge < -0.3 is 10.3 Å². The summed E-state index contributed by atoms with van der Waals surface area (Å²) in [4.78, 5) is 30.6. The first-order chi connectivity index (χ1) is 11.0. The summed E-state index contributed by atoms with van der Waals surface area (Å²) in [7, 11) is 0.